The molecule has 0 bridgehead atoms. The van der Waals surface area contributed by atoms with Crippen molar-refractivity contribution in [3.8, 4) is 0 Å². The number of nitrogens with zero attached hydrogens (tertiary/aromatic N) is 1. The summed E-state index contributed by atoms with van der Waals surface area (Å²) in [6.45, 7) is 2.84. The number of rotatable bonds is 4. The molecule has 2 aromatic carbocycles. The van der Waals surface area contributed by atoms with E-state index in [9.17, 15) is 9.59 Å². The van der Waals surface area contributed by atoms with E-state index in [1.807, 2.05) is 43.2 Å². The number of allylic oxidation sites excluding steroid dienone is 1. The quantitative estimate of drug-likeness (QED) is 0.325. The van der Waals surface area contributed by atoms with Crippen molar-refractivity contribution in [3.63, 3.8) is 0 Å². The minimum Gasteiger partial charge on any atom is -0.366 e. The lowest BCUT2D eigenvalue weighted by Gasteiger charge is -2.42. The number of carbonyl (C=O) groups is 2. The van der Waals surface area contributed by atoms with Gasteiger partial charge in [-0.05, 0) is 77.4 Å². The van der Waals surface area contributed by atoms with Crippen molar-refractivity contribution in [3.05, 3.63) is 97.5 Å². The van der Waals surface area contributed by atoms with Crippen LogP contribution in [0.4, 0.5) is 5.69 Å². The van der Waals surface area contributed by atoms with Gasteiger partial charge in [-0.2, -0.15) is 11.8 Å². The SMILES string of the molecule is Cc1c(I)cccc1C(=O)Nc1ccc(C(=O)C2CC=CC3=CNC=C4CSCCN4C32)c(Cl)c1. The van der Waals surface area contributed by atoms with E-state index in [4.69, 9.17) is 11.6 Å². The first-order valence-electron chi connectivity index (χ1n) is 11.5. The highest BCUT2D eigenvalue weighted by Crippen LogP contribution is 2.37. The van der Waals surface area contributed by atoms with E-state index in [0.29, 0.717) is 28.3 Å². The number of Topliss-reactive ketones (excluding diaryl/α,β-unsaturated/α-hetero) is 1. The number of halogens is 2. The van der Waals surface area contributed by atoms with Crippen LogP contribution in [0.5, 0.6) is 0 Å². The van der Waals surface area contributed by atoms with Gasteiger partial charge in [0.2, 0.25) is 0 Å². The Morgan fingerprint density at radius 2 is 2.06 bits per heavy atom. The third-order valence-electron chi connectivity index (χ3n) is 6.70. The zero-order chi connectivity index (χ0) is 24.5. The Morgan fingerprint density at radius 1 is 1.20 bits per heavy atom. The van der Waals surface area contributed by atoms with Crippen molar-refractivity contribution >= 4 is 63.3 Å². The van der Waals surface area contributed by atoms with E-state index < -0.39 is 0 Å². The van der Waals surface area contributed by atoms with E-state index in [0.717, 1.165) is 32.8 Å². The highest BCUT2D eigenvalue weighted by molar-refractivity contribution is 14.1. The summed E-state index contributed by atoms with van der Waals surface area (Å²) in [5, 5.41) is 6.56. The Kier molecular flexibility index (Phi) is 7.27. The fourth-order valence-corrected chi connectivity index (χ4v) is 6.58. The molecular weight excluding hydrogens is 593 g/mol. The molecule has 2 N–H and O–H groups in total. The van der Waals surface area contributed by atoms with Crippen LogP contribution in [-0.4, -0.2) is 40.7 Å². The van der Waals surface area contributed by atoms with Gasteiger partial charge >= 0.3 is 0 Å². The second kappa shape index (κ2) is 10.4. The number of hydrogen-bond donors (Lipinski definition) is 2. The number of amides is 1. The molecule has 8 heteroatoms. The van der Waals surface area contributed by atoms with Crippen molar-refractivity contribution < 1.29 is 9.59 Å². The van der Waals surface area contributed by atoms with Gasteiger partial charge in [0, 0.05) is 56.5 Å². The maximum Gasteiger partial charge on any atom is 0.255 e. The Hall–Kier alpha value is -2.23. The molecule has 2 unspecified atom stereocenters. The molecule has 5 rings (SSSR count). The second-order valence-electron chi connectivity index (χ2n) is 8.81. The fourth-order valence-electron chi connectivity index (χ4n) is 4.88. The van der Waals surface area contributed by atoms with Crippen LogP contribution in [0.3, 0.4) is 0 Å². The molecule has 2 atom stereocenters. The van der Waals surface area contributed by atoms with Crippen LogP contribution in [0.25, 0.3) is 0 Å². The van der Waals surface area contributed by atoms with Crippen molar-refractivity contribution in [2.45, 2.75) is 19.4 Å². The predicted molar refractivity (Wildman–Crippen MR) is 152 cm³/mol. The Bertz CT molecular complexity index is 1290. The first-order valence-corrected chi connectivity index (χ1v) is 14.1. The van der Waals surface area contributed by atoms with Gasteiger partial charge < -0.3 is 15.5 Å². The number of fused-ring (bicyclic) bond motifs is 3. The van der Waals surface area contributed by atoms with Crippen LogP contribution in [0, 0.1) is 16.4 Å². The molecule has 0 aromatic heterocycles. The molecule has 1 saturated heterocycles. The van der Waals surface area contributed by atoms with Gasteiger partial charge in [0.05, 0.1) is 17.0 Å². The van der Waals surface area contributed by atoms with E-state index in [1.165, 1.54) is 5.70 Å². The fraction of sp³-hybridized carbons (Fsp3) is 0.259. The van der Waals surface area contributed by atoms with Crippen molar-refractivity contribution in [2.75, 3.05) is 23.4 Å². The zero-order valence-electron chi connectivity index (χ0n) is 19.2. The second-order valence-corrected chi connectivity index (χ2v) is 11.5. The van der Waals surface area contributed by atoms with Crippen molar-refractivity contribution in [1.82, 2.24) is 10.2 Å². The average Bonchev–Trinajstić information content (AvgIpc) is 3.05. The number of benzene rings is 2. The summed E-state index contributed by atoms with van der Waals surface area (Å²) in [6, 6.07) is 10.8. The largest absolute Gasteiger partial charge is 0.366 e. The van der Waals surface area contributed by atoms with Gasteiger partial charge in [0.15, 0.2) is 5.78 Å². The van der Waals surface area contributed by atoms with Crippen LogP contribution in [0.15, 0.2) is 72.2 Å². The number of ketones is 1. The van der Waals surface area contributed by atoms with Crippen molar-refractivity contribution in [2.24, 2.45) is 5.92 Å². The third kappa shape index (κ3) is 4.90. The first-order chi connectivity index (χ1) is 16.9. The van der Waals surface area contributed by atoms with Crippen LogP contribution < -0.4 is 10.6 Å². The topological polar surface area (TPSA) is 61.4 Å². The maximum absolute atomic E-state index is 13.8. The monoisotopic (exact) mass is 617 g/mol. The van der Waals surface area contributed by atoms with Gasteiger partial charge in [-0.3, -0.25) is 9.59 Å². The summed E-state index contributed by atoms with van der Waals surface area (Å²) in [5.74, 6) is 1.58. The van der Waals surface area contributed by atoms with Gasteiger partial charge in [-0.1, -0.05) is 29.8 Å². The molecule has 0 spiro atoms. The summed E-state index contributed by atoms with van der Waals surface area (Å²) < 4.78 is 1.03. The minimum absolute atomic E-state index is 0.0198. The molecule has 3 aliphatic rings. The summed E-state index contributed by atoms with van der Waals surface area (Å²) in [4.78, 5) is 29.0. The van der Waals surface area contributed by atoms with E-state index in [2.05, 4.69) is 50.3 Å². The van der Waals surface area contributed by atoms with Crippen LogP contribution in [-0.2, 0) is 0 Å². The molecule has 1 amide bonds. The van der Waals surface area contributed by atoms with E-state index in [-0.39, 0.29) is 23.7 Å². The van der Waals surface area contributed by atoms with Gasteiger partial charge in [0.25, 0.3) is 5.91 Å². The lowest BCUT2D eigenvalue weighted by molar-refractivity contribution is 0.0850. The standard InChI is InChI=1S/C27H25ClIN3O2S/c1-16-20(5-3-7-24(16)29)27(34)31-18-8-9-21(23(28)12-18)26(33)22-6-2-4-17-13-30-14-19-15-35-11-10-32(19)25(17)22/h2-5,7-9,12-14,22,25,30H,6,10-11,15H2,1H3,(H,31,34). The molecular formula is C27H25ClIN3O2S. The van der Waals surface area contributed by atoms with Crippen molar-refractivity contribution in [1.29, 1.82) is 0 Å². The lowest BCUT2D eigenvalue weighted by Crippen LogP contribution is -2.47. The number of thioether (sulfide) groups is 1. The smallest absolute Gasteiger partial charge is 0.255 e. The highest BCUT2D eigenvalue weighted by atomic mass is 127. The summed E-state index contributed by atoms with van der Waals surface area (Å²) in [6.07, 6.45) is 8.91. The predicted octanol–water partition coefficient (Wildman–Crippen LogP) is 6.01. The number of carbonyl (C=O) groups excluding carboxylic acids is 2. The van der Waals surface area contributed by atoms with Gasteiger partial charge in [-0.15, -0.1) is 0 Å². The van der Waals surface area contributed by atoms with Gasteiger partial charge in [-0.25, -0.2) is 0 Å². The highest BCUT2D eigenvalue weighted by Gasteiger charge is 2.39. The molecule has 1 fully saturated rings. The molecule has 0 radical (unpaired) electrons. The molecule has 180 valence electrons. The Balaban J connectivity index is 1.39. The van der Waals surface area contributed by atoms with E-state index >= 15 is 0 Å². The molecule has 5 nitrogen and oxygen atoms in total. The normalized spacial score (nSPS) is 21.1. The zero-order valence-corrected chi connectivity index (χ0v) is 22.9. The van der Waals surface area contributed by atoms with Crippen LogP contribution >= 0.6 is 46.0 Å². The molecule has 0 saturated carbocycles. The summed E-state index contributed by atoms with van der Waals surface area (Å²) >= 11 is 10.8. The molecule has 2 aromatic rings. The average molecular weight is 618 g/mol. The van der Waals surface area contributed by atoms with E-state index in [1.54, 1.807) is 24.3 Å². The number of hydrogen-bond acceptors (Lipinski definition) is 5. The summed E-state index contributed by atoms with van der Waals surface area (Å²) in [7, 11) is 0. The number of nitrogens with one attached hydrogen (secondary N) is 2. The first kappa shape index (κ1) is 24.5. The summed E-state index contributed by atoms with van der Waals surface area (Å²) in [5.41, 5.74) is 4.94. The number of anilines is 1. The van der Waals surface area contributed by atoms with Crippen LogP contribution in [0.2, 0.25) is 5.02 Å². The maximum atomic E-state index is 13.8. The molecule has 1 aliphatic carbocycles. The third-order valence-corrected chi connectivity index (χ3v) is 9.15. The molecule has 2 aliphatic heterocycles. The molecule has 2 heterocycles. The molecule has 35 heavy (non-hydrogen) atoms. The van der Waals surface area contributed by atoms with Gasteiger partial charge in [0.1, 0.15) is 0 Å². The van der Waals surface area contributed by atoms with Crippen LogP contribution in [0.1, 0.15) is 32.7 Å². The Morgan fingerprint density at radius 3 is 2.89 bits per heavy atom. The lowest BCUT2D eigenvalue weighted by atomic mass is 9.79. The minimum atomic E-state index is -0.232. The Labute approximate surface area is 228 Å².